The Balaban J connectivity index is 2.12. The van der Waals surface area contributed by atoms with Gasteiger partial charge in [-0.1, -0.05) is 38.3 Å². The van der Waals surface area contributed by atoms with E-state index in [1.54, 1.807) is 7.11 Å². The Hall–Kier alpha value is -0.940. The van der Waals surface area contributed by atoms with Gasteiger partial charge in [0.25, 0.3) is 0 Å². The van der Waals surface area contributed by atoms with Crippen LogP contribution in [-0.4, -0.2) is 23.8 Å². The molecule has 1 fully saturated rings. The maximum atomic E-state index is 5.81. The Morgan fingerprint density at radius 1 is 1.30 bits per heavy atom. The Morgan fingerprint density at radius 3 is 2.55 bits per heavy atom. The molecule has 0 bridgehead atoms. The quantitative estimate of drug-likeness (QED) is 0.867. The molecule has 5 heteroatoms. The second kappa shape index (κ2) is 7.18. The minimum absolute atomic E-state index is 0.0432. The Bertz CT molecular complexity index is 400. The van der Waals surface area contributed by atoms with Crippen LogP contribution in [0.3, 0.4) is 0 Å². The molecular formula is C15H27N3O2. The average Bonchev–Trinajstić information content (AvgIpc) is 2.90. The maximum Gasteiger partial charge on any atom is 0.231 e. The molecule has 114 valence electrons. The predicted molar refractivity (Wildman–Crippen MR) is 77.3 cm³/mol. The molecule has 1 heterocycles. The van der Waals surface area contributed by atoms with Gasteiger partial charge in [-0.3, -0.25) is 0 Å². The van der Waals surface area contributed by atoms with Crippen molar-refractivity contribution in [3.63, 3.8) is 0 Å². The molecule has 20 heavy (non-hydrogen) atoms. The molecule has 2 N–H and O–H groups in total. The van der Waals surface area contributed by atoms with Gasteiger partial charge in [-0.05, 0) is 24.7 Å². The minimum Gasteiger partial charge on any atom is -0.373 e. The lowest BCUT2D eigenvalue weighted by atomic mass is 9.85. The fourth-order valence-electron chi connectivity index (χ4n) is 3.12. The van der Waals surface area contributed by atoms with Crippen LogP contribution in [-0.2, 0) is 4.74 Å². The van der Waals surface area contributed by atoms with Crippen molar-refractivity contribution in [1.29, 1.82) is 0 Å². The van der Waals surface area contributed by atoms with Gasteiger partial charge in [0.2, 0.25) is 11.7 Å². The lowest BCUT2D eigenvalue weighted by Crippen LogP contribution is -2.20. The van der Waals surface area contributed by atoms with Crippen LogP contribution < -0.4 is 5.73 Å². The van der Waals surface area contributed by atoms with Crippen molar-refractivity contribution in [2.75, 3.05) is 13.7 Å². The molecule has 1 aromatic heterocycles. The first-order valence-corrected chi connectivity index (χ1v) is 7.73. The van der Waals surface area contributed by atoms with Crippen molar-refractivity contribution in [3.8, 4) is 0 Å². The number of nitrogens with two attached hydrogens (primary N) is 1. The summed E-state index contributed by atoms with van der Waals surface area (Å²) in [6.45, 7) is 4.77. The number of methoxy groups -OCH3 is 1. The zero-order valence-corrected chi connectivity index (χ0v) is 12.8. The van der Waals surface area contributed by atoms with Crippen molar-refractivity contribution in [2.45, 2.75) is 58.0 Å². The van der Waals surface area contributed by atoms with Gasteiger partial charge < -0.3 is 15.0 Å². The van der Waals surface area contributed by atoms with Crippen LogP contribution in [0.4, 0.5) is 0 Å². The first-order valence-electron chi connectivity index (χ1n) is 7.73. The van der Waals surface area contributed by atoms with Gasteiger partial charge in [-0.2, -0.15) is 4.98 Å². The number of rotatable bonds is 6. The fourth-order valence-corrected chi connectivity index (χ4v) is 3.12. The minimum atomic E-state index is -0.0432. The van der Waals surface area contributed by atoms with Gasteiger partial charge in [0.05, 0.1) is 5.92 Å². The summed E-state index contributed by atoms with van der Waals surface area (Å²) < 4.78 is 11.1. The van der Waals surface area contributed by atoms with E-state index in [0.717, 1.165) is 0 Å². The van der Waals surface area contributed by atoms with Crippen LogP contribution in [0.25, 0.3) is 0 Å². The lowest BCUT2D eigenvalue weighted by Gasteiger charge is -2.26. The van der Waals surface area contributed by atoms with Gasteiger partial charge in [0.15, 0.2) is 0 Å². The smallest absolute Gasteiger partial charge is 0.231 e. The highest BCUT2D eigenvalue weighted by Gasteiger charge is 2.30. The van der Waals surface area contributed by atoms with E-state index in [4.69, 9.17) is 15.0 Å². The molecule has 1 aliphatic rings. The Kier molecular flexibility index (Phi) is 5.54. The highest BCUT2D eigenvalue weighted by atomic mass is 16.5. The molecule has 1 aromatic rings. The van der Waals surface area contributed by atoms with Crippen molar-refractivity contribution in [3.05, 3.63) is 11.7 Å². The van der Waals surface area contributed by atoms with Gasteiger partial charge in [-0.25, -0.2) is 0 Å². The van der Waals surface area contributed by atoms with Crippen molar-refractivity contribution in [2.24, 2.45) is 17.6 Å². The first-order chi connectivity index (χ1) is 9.67. The summed E-state index contributed by atoms with van der Waals surface area (Å²) in [6.07, 6.45) is 6.20. The summed E-state index contributed by atoms with van der Waals surface area (Å²) in [5.74, 6) is 2.36. The van der Waals surface area contributed by atoms with Crippen LogP contribution in [0.5, 0.6) is 0 Å². The largest absolute Gasteiger partial charge is 0.373 e. The summed E-state index contributed by atoms with van der Waals surface area (Å²) in [5.41, 5.74) is 5.81. The van der Waals surface area contributed by atoms with E-state index >= 15 is 0 Å². The molecule has 5 nitrogen and oxygen atoms in total. The highest BCUT2D eigenvalue weighted by Crippen LogP contribution is 2.36. The molecule has 2 rings (SSSR count). The van der Waals surface area contributed by atoms with E-state index in [-0.39, 0.29) is 12.0 Å². The van der Waals surface area contributed by atoms with Crippen LogP contribution in [0.2, 0.25) is 0 Å². The SMILES string of the molecule is COC(c1noc(C(CN)C(C)C)n1)C1CCCCC1. The second-order valence-electron chi connectivity index (χ2n) is 6.13. The Morgan fingerprint density at radius 2 is 2.00 bits per heavy atom. The lowest BCUT2D eigenvalue weighted by molar-refractivity contribution is 0.0273. The second-order valence-corrected chi connectivity index (χ2v) is 6.13. The molecule has 0 aliphatic heterocycles. The van der Waals surface area contributed by atoms with Crippen molar-refractivity contribution >= 4 is 0 Å². The van der Waals surface area contributed by atoms with Crippen molar-refractivity contribution < 1.29 is 9.26 Å². The summed E-state index contributed by atoms with van der Waals surface area (Å²) >= 11 is 0. The maximum absolute atomic E-state index is 5.81. The van der Waals surface area contributed by atoms with Gasteiger partial charge in [-0.15, -0.1) is 0 Å². The number of hydrogen-bond acceptors (Lipinski definition) is 5. The fraction of sp³-hybridized carbons (Fsp3) is 0.867. The molecule has 0 radical (unpaired) electrons. The van der Waals surface area contributed by atoms with E-state index in [1.165, 1.54) is 32.1 Å². The zero-order valence-electron chi connectivity index (χ0n) is 12.8. The van der Waals surface area contributed by atoms with Gasteiger partial charge >= 0.3 is 0 Å². The van der Waals surface area contributed by atoms with E-state index in [2.05, 4.69) is 24.0 Å². The number of aromatic nitrogens is 2. The molecule has 2 unspecified atom stereocenters. The number of nitrogens with zero attached hydrogens (tertiary/aromatic N) is 2. The topological polar surface area (TPSA) is 74.2 Å². The Labute approximate surface area is 121 Å². The summed E-state index contributed by atoms with van der Waals surface area (Å²) in [4.78, 5) is 4.57. The molecule has 0 spiro atoms. The van der Waals surface area contributed by atoms with Crippen LogP contribution in [0.1, 0.15) is 69.7 Å². The molecule has 0 aromatic carbocycles. The molecule has 0 saturated heterocycles. The molecular weight excluding hydrogens is 254 g/mol. The van der Waals surface area contributed by atoms with E-state index in [9.17, 15) is 0 Å². The first kappa shape index (κ1) is 15.4. The van der Waals surface area contributed by atoms with Crippen LogP contribution in [0.15, 0.2) is 4.52 Å². The molecule has 0 amide bonds. The molecule has 1 saturated carbocycles. The van der Waals surface area contributed by atoms with Gasteiger partial charge in [0, 0.05) is 13.7 Å². The summed E-state index contributed by atoms with van der Waals surface area (Å²) in [5, 5.41) is 4.15. The predicted octanol–water partition coefficient (Wildman–Crippen LogP) is 3.04. The van der Waals surface area contributed by atoms with E-state index in [1.807, 2.05) is 0 Å². The normalized spacial score (nSPS) is 20.2. The van der Waals surface area contributed by atoms with Crippen molar-refractivity contribution in [1.82, 2.24) is 10.1 Å². The van der Waals surface area contributed by atoms with E-state index < -0.39 is 0 Å². The van der Waals surface area contributed by atoms with Crippen LogP contribution >= 0.6 is 0 Å². The zero-order chi connectivity index (χ0) is 14.5. The average molecular weight is 281 g/mol. The van der Waals surface area contributed by atoms with Crippen LogP contribution in [0, 0.1) is 11.8 Å². The third-order valence-electron chi connectivity index (χ3n) is 4.42. The summed E-state index contributed by atoms with van der Waals surface area (Å²) in [7, 11) is 1.73. The third-order valence-corrected chi connectivity index (χ3v) is 4.42. The number of hydrogen-bond donors (Lipinski definition) is 1. The standard InChI is InChI=1S/C15H27N3O2/c1-10(2)12(9-16)15-17-14(18-20-15)13(19-3)11-7-5-4-6-8-11/h10-13H,4-9,16H2,1-3H3. The monoisotopic (exact) mass is 281 g/mol. The molecule has 2 atom stereocenters. The summed E-state index contributed by atoms with van der Waals surface area (Å²) in [6, 6.07) is 0. The van der Waals surface area contributed by atoms with Gasteiger partial charge in [0.1, 0.15) is 6.10 Å². The van der Waals surface area contributed by atoms with E-state index in [0.29, 0.717) is 30.1 Å². The highest BCUT2D eigenvalue weighted by molar-refractivity contribution is 5.00. The third kappa shape index (κ3) is 3.38. The number of ether oxygens (including phenoxy) is 1. The molecule has 1 aliphatic carbocycles.